The Labute approximate surface area is 117 Å². The van der Waals surface area contributed by atoms with Crippen molar-refractivity contribution in [3.8, 4) is 0 Å². The topological polar surface area (TPSA) is 20.2 Å². The molecule has 0 aliphatic rings. The van der Waals surface area contributed by atoms with Crippen LogP contribution in [0.2, 0.25) is 5.02 Å². The average molecular weight is 363 g/mol. The lowest BCUT2D eigenvalue weighted by molar-refractivity contribution is 0.220. The van der Waals surface area contributed by atoms with Gasteiger partial charge in [-0.15, -0.1) is 0 Å². The molecule has 4 heteroatoms. The molecular weight excluding hydrogens is 353 g/mol. The molecular formula is C13H9ClFIO. The number of aliphatic hydroxyl groups is 1. The highest BCUT2D eigenvalue weighted by molar-refractivity contribution is 14.1. The van der Waals surface area contributed by atoms with Crippen LogP contribution in [0, 0.1) is 9.39 Å². The highest BCUT2D eigenvalue weighted by atomic mass is 127. The molecule has 88 valence electrons. The van der Waals surface area contributed by atoms with Crippen LogP contribution < -0.4 is 0 Å². The molecule has 0 aliphatic carbocycles. The second-order valence-corrected chi connectivity index (χ2v) is 5.28. The summed E-state index contributed by atoms with van der Waals surface area (Å²) in [5, 5.41) is 10.5. The summed E-state index contributed by atoms with van der Waals surface area (Å²) in [5.41, 5.74) is 1.08. The van der Waals surface area contributed by atoms with Crippen molar-refractivity contribution in [1.29, 1.82) is 0 Å². The maximum atomic E-state index is 13.1. The van der Waals surface area contributed by atoms with E-state index in [4.69, 9.17) is 11.6 Å². The van der Waals surface area contributed by atoms with Gasteiger partial charge in [-0.25, -0.2) is 4.39 Å². The number of hydrogen-bond donors (Lipinski definition) is 1. The lowest BCUT2D eigenvalue weighted by atomic mass is 10.0. The van der Waals surface area contributed by atoms with Gasteiger partial charge in [0.05, 0.1) is 0 Å². The molecule has 0 fully saturated rings. The van der Waals surface area contributed by atoms with E-state index in [9.17, 15) is 9.50 Å². The monoisotopic (exact) mass is 362 g/mol. The Bertz CT molecular complexity index is 545. The Morgan fingerprint density at radius 1 is 1.18 bits per heavy atom. The molecule has 1 unspecified atom stereocenters. The zero-order valence-electron chi connectivity index (χ0n) is 8.70. The first kappa shape index (κ1) is 12.8. The van der Waals surface area contributed by atoms with Crippen LogP contribution in [0.3, 0.4) is 0 Å². The molecule has 1 atom stereocenters. The number of rotatable bonds is 2. The van der Waals surface area contributed by atoms with Gasteiger partial charge in [0.25, 0.3) is 0 Å². The van der Waals surface area contributed by atoms with Crippen LogP contribution in [0.25, 0.3) is 0 Å². The van der Waals surface area contributed by atoms with Gasteiger partial charge in [-0.2, -0.15) is 0 Å². The first-order valence-corrected chi connectivity index (χ1v) is 6.42. The van der Waals surface area contributed by atoms with Crippen LogP contribution in [0.1, 0.15) is 17.2 Å². The zero-order valence-corrected chi connectivity index (χ0v) is 11.6. The van der Waals surface area contributed by atoms with E-state index in [2.05, 4.69) is 22.6 Å². The van der Waals surface area contributed by atoms with Gasteiger partial charge in [-0.3, -0.25) is 0 Å². The van der Waals surface area contributed by atoms with Crippen LogP contribution in [0.4, 0.5) is 4.39 Å². The van der Waals surface area contributed by atoms with Crippen molar-refractivity contribution in [2.45, 2.75) is 6.10 Å². The third-order valence-electron chi connectivity index (χ3n) is 2.42. The number of hydrogen-bond acceptors (Lipinski definition) is 1. The minimum atomic E-state index is -0.909. The predicted octanol–water partition coefficient (Wildman–Crippen LogP) is 4.17. The van der Waals surface area contributed by atoms with E-state index in [0.717, 1.165) is 3.57 Å². The lowest BCUT2D eigenvalue weighted by Gasteiger charge is -2.13. The van der Waals surface area contributed by atoms with Gasteiger partial charge in [0, 0.05) is 14.2 Å². The summed E-state index contributed by atoms with van der Waals surface area (Å²) in [6.07, 6.45) is -0.909. The van der Waals surface area contributed by atoms with Gasteiger partial charge in [0.1, 0.15) is 11.9 Å². The second kappa shape index (κ2) is 5.33. The molecule has 0 aliphatic heterocycles. The molecule has 0 bridgehead atoms. The maximum Gasteiger partial charge on any atom is 0.123 e. The summed E-state index contributed by atoms with van der Waals surface area (Å²) in [6.45, 7) is 0. The molecule has 1 N–H and O–H groups in total. The van der Waals surface area contributed by atoms with Gasteiger partial charge in [0.2, 0.25) is 0 Å². The van der Waals surface area contributed by atoms with E-state index in [-0.39, 0.29) is 0 Å². The van der Waals surface area contributed by atoms with Crippen LogP contribution in [-0.2, 0) is 0 Å². The summed E-state index contributed by atoms with van der Waals surface area (Å²) < 4.78 is 14.1. The first-order chi connectivity index (χ1) is 8.08. The van der Waals surface area contributed by atoms with Crippen LogP contribution in [0.15, 0.2) is 42.5 Å². The summed E-state index contributed by atoms with van der Waals surface area (Å²) in [7, 11) is 0. The van der Waals surface area contributed by atoms with E-state index in [0.29, 0.717) is 16.1 Å². The fourth-order valence-electron chi connectivity index (χ4n) is 1.58. The smallest absolute Gasteiger partial charge is 0.123 e. The molecule has 2 rings (SSSR count). The van der Waals surface area contributed by atoms with E-state index in [1.165, 1.54) is 18.2 Å². The Morgan fingerprint density at radius 2 is 1.94 bits per heavy atom. The van der Waals surface area contributed by atoms with Gasteiger partial charge >= 0.3 is 0 Å². The Kier molecular flexibility index (Phi) is 4.01. The van der Waals surface area contributed by atoms with Crippen molar-refractivity contribution in [1.82, 2.24) is 0 Å². The Balaban J connectivity index is 2.43. The van der Waals surface area contributed by atoms with Gasteiger partial charge < -0.3 is 5.11 Å². The van der Waals surface area contributed by atoms with Gasteiger partial charge in [-0.1, -0.05) is 23.7 Å². The predicted molar refractivity (Wildman–Crippen MR) is 74.6 cm³/mol. The van der Waals surface area contributed by atoms with Crippen molar-refractivity contribution < 1.29 is 9.50 Å². The summed E-state index contributed by atoms with van der Waals surface area (Å²) in [6, 6.07) is 11.4. The molecule has 0 heterocycles. The van der Waals surface area contributed by atoms with Crippen molar-refractivity contribution in [2.75, 3.05) is 0 Å². The van der Waals surface area contributed by atoms with E-state index in [1.807, 2.05) is 18.2 Å². The lowest BCUT2D eigenvalue weighted by Crippen LogP contribution is -2.01. The number of halogens is 3. The van der Waals surface area contributed by atoms with Crippen molar-refractivity contribution in [3.63, 3.8) is 0 Å². The molecule has 0 saturated heterocycles. The third kappa shape index (κ3) is 2.97. The second-order valence-electron chi connectivity index (χ2n) is 3.62. The highest BCUT2D eigenvalue weighted by Gasteiger charge is 2.14. The van der Waals surface area contributed by atoms with Crippen LogP contribution >= 0.6 is 34.2 Å². The highest BCUT2D eigenvalue weighted by Crippen LogP contribution is 2.29. The summed E-state index contributed by atoms with van der Waals surface area (Å²) in [5.74, 6) is -0.408. The quantitative estimate of drug-likeness (QED) is 0.795. The molecule has 0 amide bonds. The van der Waals surface area contributed by atoms with E-state index in [1.54, 1.807) is 6.07 Å². The average Bonchev–Trinajstić information content (AvgIpc) is 2.31. The summed E-state index contributed by atoms with van der Waals surface area (Å²) >= 11 is 8.11. The minimum absolute atomic E-state index is 0.359. The summed E-state index contributed by atoms with van der Waals surface area (Å²) in [4.78, 5) is 0. The molecule has 0 spiro atoms. The standard InChI is InChI=1S/C13H9ClFIO/c14-12-5-4-9(15)7-11(12)13(17)8-2-1-3-10(16)6-8/h1-7,13,17H. The van der Waals surface area contributed by atoms with Crippen molar-refractivity contribution in [3.05, 3.63) is 68.0 Å². The Hall–Kier alpha value is -0.650. The minimum Gasteiger partial charge on any atom is -0.384 e. The number of aliphatic hydroxyl groups excluding tert-OH is 1. The van der Waals surface area contributed by atoms with Crippen molar-refractivity contribution in [2.24, 2.45) is 0 Å². The molecule has 0 saturated carbocycles. The SMILES string of the molecule is OC(c1cccc(I)c1)c1cc(F)ccc1Cl. The fraction of sp³-hybridized carbons (Fsp3) is 0.0769. The first-order valence-electron chi connectivity index (χ1n) is 4.96. The molecule has 2 aromatic rings. The zero-order chi connectivity index (χ0) is 12.4. The normalized spacial score (nSPS) is 12.5. The van der Waals surface area contributed by atoms with Crippen LogP contribution in [0.5, 0.6) is 0 Å². The molecule has 1 nitrogen and oxygen atoms in total. The molecule has 0 aromatic heterocycles. The molecule has 17 heavy (non-hydrogen) atoms. The fourth-order valence-corrected chi connectivity index (χ4v) is 2.37. The molecule has 2 aromatic carbocycles. The third-order valence-corrected chi connectivity index (χ3v) is 3.43. The maximum absolute atomic E-state index is 13.1. The van der Waals surface area contributed by atoms with E-state index < -0.39 is 11.9 Å². The Morgan fingerprint density at radius 3 is 2.65 bits per heavy atom. The van der Waals surface area contributed by atoms with Gasteiger partial charge in [-0.05, 0) is 58.5 Å². The molecule has 0 radical (unpaired) electrons. The van der Waals surface area contributed by atoms with E-state index >= 15 is 0 Å². The number of benzene rings is 2. The largest absolute Gasteiger partial charge is 0.384 e. The van der Waals surface area contributed by atoms with Gasteiger partial charge in [0.15, 0.2) is 0 Å². The van der Waals surface area contributed by atoms with Crippen LogP contribution in [-0.4, -0.2) is 5.11 Å². The van der Waals surface area contributed by atoms with Crippen molar-refractivity contribution >= 4 is 34.2 Å².